The number of aromatic nitrogens is 3. The molecule has 130 valence electrons. The van der Waals surface area contributed by atoms with Crippen molar-refractivity contribution in [1.29, 1.82) is 0 Å². The highest BCUT2D eigenvalue weighted by Crippen LogP contribution is 2.23. The summed E-state index contributed by atoms with van der Waals surface area (Å²) < 4.78 is 28.6. The molecule has 0 saturated carbocycles. The second-order valence-electron chi connectivity index (χ2n) is 6.38. The van der Waals surface area contributed by atoms with E-state index >= 15 is 0 Å². The number of benzene rings is 1. The highest BCUT2D eigenvalue weighted by Gasteiger charge is 2.14. The number of rotatable bonds is 4. The number of aromatic amines is 1. The van der Waals surface area contributed by atoms with Gasteiger partial charge in [-0.15, -0.1) is 0 Å². The van der Waals surface area contributed by atoms with Crippen molar-refractivity contribution < 1.29 is 8.78 Å². The maximum absolute atomic E-state index is 13.5. The van der Waals surface area contributed by atoms with Gasteiger partial charge in [-0.25, -0.2) is 18.6 Å². The number of halogens is 2. The van der Waals surface area contributed by atoms with Crippen molar-refractivity contribution >= 4 is 11.2 Å². The predicted octanol–water partition coefficient (Wildman–Crippen LogP) is 2.77. The van der Waals surface area contributed by atoms with Gasteiger partial charge < -0.3 is 4.90 Å². The van der Waals surface area contributed by atoms with Crippen LogP contribution in [0.5, 0.6) is 0 Å². The molecule has 0 aliphatic carbocycles. The zero-order valence-corrected chi connectivity index (χ0v) is 13.6. The zero-order chi connectivity index (χ0) is 17.4. The highest BCUT2D eigenvalue weighted by atomic mass is 19.1. The van der Waals surface area contributed by atoms with Crippen molar-refractivity contribution in [3.05, 3.63) is 52.6 Å². The fraction of sp³-hybridized carbons (Fsp3) is 0.333. The van der Waals surface area contributed by atoms with Crippen molar-refractivity contribution in [2.45, 2.75) is 19.4 Å². The summed E-state index contributed by atoms with van der Waals surface area (Å²) in [6, 6.07) is 5.09. The summed E-state index contributed by atoms with van der Waals surface area (Å²) in [5.74, 6) is -1.29. The summed E-state index contributed by atoms with van der Waals surface area (Å²) in [6.07, 6.45) is 3.90. The first kappa shape index (κ1) is 16.0. The summed E-state index contributed by atoms with van der Waals surface area (Å²) in [6.45, 7) is 3.47. The molecule has 0 amide bonds. The van der Waals surface area contributed by atoms with E-state index in [4.69, 9.17) is 0 Å². The summed E-state index contributed by atoms with van der Waals surface area (Å²) >= 11 is 0. The molecule has 1 aliphatic heterocycles. The lowest BCUT2D eigenvalue weighted by Crippen LogP contribution is -2.28. The van der Waals surface area contributed by atoms with Gasteiger partial charge in [-0.05, 0) is 49.7 Å². The van der Waals surface area contributed by atoms with Crippen LogP contribution in [0.2, 0.25) is 0 Å². The number of hydrogen-bond donors (Lipinski definition) is 1. The van der Waals surface area contributed by atoms with Gasteiger partial charge in [0.25, 0.3) is 0 Å². The van der Waals surface area contributed by atoms with E-state index in [1.807, 2.05) is 0 Å². The van der Waals surface area contributed by atoms with Gasteiger partial charge in [-0.2, -0.15) is 0 Å². The maximum Gasteiger partial charge on any atom is 0.327 e. The lowest BCUT2D eigenvalue weighted by Gasteiger charge is -2.14. The van der Waals surface area contributed by atoms with Crippen molar-refractivity contribution in [3.63, 3.8) is 0 Å². The van der Waals surface area contributed by atoms with E-state index in [1.54, 1.807) is 10.6 Å². The highest BCUT2D eigenvalue weighted by molar-refractivity contribution is 5.78. The van der Waals surface area contributed by atoms with E-state index in [9.17, 15) is 13.6 Å². The monoisotopic (exact) mass is 344 g/mol. The van der Waals surface area contributed by atoms with Crippen LogP contribution in [-0.4, -0.2) is 39.1 Å². The van der Waals surface area contributed by atoms with Gasteiger partial charge in [0.05, 0.1) is 5.52 Å². The smallest absolute Gasteiger partial charge is 0.302 e. The zero-order valence-electron chi connectivity index (χ0n) is 13.6. The first-order valence-electron chi connectivity index (χ1n) is 8.37. The van der Waals surface area contributed by atoms with Gasteiger partial charge in [0.2, 0.25) is 0 Å². The fourth-order valence-corrected chi connectivity index (χ4v) is 3.38. The van der Waals surface area contributed by atoms with Crippen LogP contribution in [0, 0.1) is 11.6 Å². The standard InChI is InChI=1S/C18H18F2N4O/c19-14-7-12(8-15(20)10-14)13-9-16-17(21-11-13)22-18(25)24(16)6-5-23-3-1-2-4-23/h7-11H,1-6H2,(H,21,22,25). The number of pyridine rings is 1. The van der Waals surface area contributed by atoms with Gasteiger partial charge >= 0.3 is 5.69 Å². The lowest BCUT2D eigenvalue weighted by atomic mass is 10.1. The molecule has 0 atom stereocenters. The summed E-state index contributed by atoms with van der Waals surface area (Å²) in [5.41, 5.74) is 1.87. The Kier molecular flexibility index (Phi) is 4.09. The quantitative estimate of drug-likeness (QED) is 0.792. The molecule has 0 spiro atoms. The molecular formula is C18H18F2N4O. The number of hydrogen-bond acceptors (Lipinski definition) is 3. The number of fused-ring (bicyclic) bond motifs is 1. The largest absolute Gasteiger partial charge is 0.327 e. The second kappa shape index (κ2) is 6.40. The summed E-state index contributed by atoms with van der Waals surface area (Å²) in [7, 11) is 0. The molecule has 2 aromatic heterocycles. The van der Waals surface area contributed by atoms with Gasteiger partial charge in [-0.3, -0.25) is 9.55 Å². The van der Waals surface area contributed by atoms with Crippen molar-refractivity contribution in [2.75, 3.05) is 19.6 Å². The van der Waals surface area contributed by atoms with Crippen LogP contribution >= 0.6 is 0 Å². The Hall–Kier alpha value is -2.54. The number of nitrogens with zero attached hydrogens (tertiary/aromatic N) is 3. The Balaban J connectivity index is 1.71. The number of nitrogens with one attached hydrogen (secondary N) is 1. The van der Waals surface area contributed by atoms with Gasteiger partial charge in [-0.1, -0.05) is 0 Å². The van der Waals surface area contributed by atoms with E-state index < -0.39 is 11.6 Å². The fourth-order valence-electron chi connectivity index (χ4n) is 3.38. The van der Waals surface area contributed by atoms with Crippen LogP contribution in [0.15, 0.2) is 35.3 Å². The Bertz CT molecular complexity index is 953. The van der Waals surface area contributed by atoms with Crippen LogP contribution < -0.4 is 5.69 Å². The van der Waals surface area contributed by atoms with E-state index in [2.05, 4.69) is 14.9 Å². The molecule has 0 radical (unpaired) electrons. The third-order valence-corrected chi connectivity index (χ3v) is 4.66. The van der Waals surface area contributed by atoms with Crippen LogP contribution in [0.3, 0.4) is 0 Å². The number of imidazole rings is 1. The summed E-state index contributed by atoms with van der Waals surface area (Å²) in [5, 5.41) is 0. The molecule has 0 unspecified atom stereocenters. The van der Waals surface area contributed by atoms with E-state index in [1.165, 1.54) is 31.2 Å². The molecule has 1 saturated heterocycles. The maximum atomic E-state index is 13.5. The molecule has 0 bridgehead atoms. The Morgan fingerprint density at radius 1 is 1.00 bits per heavy atom. The van der Waals surface area contributed by atoms with Crippen molar-refractivity contribution in [2.24, 2.45) is 0 Å². The first-order valence-corrected chi connectivity index (χ1v) is 8.37. The first-order chi connectivity index (χ1) is 12.1. The Morgan fingerprint density at radius 3 is 2.44 bits per heavy atom. The minimum Gasteiger partial charge on any atom is -0.302 e. The molecule has 7 heteroatoms. The predicted molar refractivity (Wildman–Crippen MR) is 91.4 cm³/mol. The molecular weight excluding hydrogens is 326 g/mol. The molecule has 1 fully saturated rings. The third kappa shape index (κ3) is 3.19. The topological polar surface area (TPSA) is 53.9 Å². The Morgan fingerprint density at radius 2 is 1.72 bits per heavy atom. The van der Waals surface area contributed by atoms with Gasteiger partial charge in [0.1, 0.15) is 11.6 Å². The van der Waals surface area contributed by atoms with Crippen molar-refractivity contribution in [1.82, 2.24) is 19.4 Å². The van der Waals surface area contributed by atoms with Crippen LogP contribution in [-0.2, 0) is 6.54 Å². The minimum atomic E-state index is -0.643. The van der Waals surface area contributed by atoms with E-state index in [0.717, 1.165) is 25.7 Å². The number of H-pyrrole nitrogens is 1. The average Bonchev–Trinajstić information content (AvgIpc) is 3.18. The normalized spacial score (nSPS) is 15.3. The molecule has 1 aromatic carbocycles. The second-order valence-corrected chi connectivity index (χ2v) is 6.38. The molecule has 1 N–H and O–H groups in total. The molecule has 1 aliphatic rings. The average molecular weight is 344 g/mol. The van der Waals surface area contributed by atoms with Gasteiger partial charge in [0, 0.05) is 30.9 Å². The molecule has 25 heavy (non-hydrogen) atoms. The van der Waals surface area contributed by atoms with E-state index in [-0.39, 0.29) is 5.69 Å². The SMILES string of the molecule is O=c1[nH]c2ncc(-c3cc(F)cc(F)c3)cc2n1CCN1CCCC1. The third-order valence-electron chi connectivity index (χ3n) is 4.66. The van der Waals surface area contributed by atoms with Gasteiger partial charge in [0.15, 0.2) is 5.65 Å². The van der Waals surface area contributed by atoms with Crippen LogP contribution in [0.25, 0.3) is 22.3 Å². The lowest BCUT2D eigenvalue weighted by molar-refractivity contribution is 0.322. The molecule has 3 aromatic rings. The molecule has 5 nitrogen and oxygen atoms in total. The van der Waals surface area contributed by atoms with Crippen LogP contribution in [0.1, 0.15) is 12.8 Å². The molecule has 4 rings (SSSR count). The Labute approximate surface area is 142 Å². The molecule has 3 heterocycles. The van der Waals surface area contributed by atoms with Crippen molar-refractivity contribution in [3.8, 4) is 11.1 Å². The van der Waals surface area contributed by atoms with Crippen LogP contribution in [0.4, 0.5) is 8.78 Å². The minimum absolute atomic E-state index is 0.218. The van der Waals surface area contributed by atoms with E-state index in [0.29, 0.717) is 28.8 Å². The number of likely N-dealkylation sites (tertiary alicyclic amines) is 1. The summed E-state index contributed by atoms with van der Waals surface area (Å²) in [4.78, 5) is 21.5.